The Balaban J connectivity index is 2.11. The predicted octanol–water partition coefficient (Wildman–Crippen LogP) is 4.90. The first-order chi connectivity index (χ1) is 10.2. The molecule has 1 heterocycles. The highest BCUT2D eigenvalue weighted by Crippen LogP contribution is 2.31. The van der Waals surface area contributed by atoms with E-state index in [2.05, 4.69) is 69.3 Å². The van der Waals surface area contributed by atoms with E-state index >= 15 is 0 Å². The van der Waals surface area contributed by atoms with Crippen molar-refractivity contribution in [3.8, 4) is 5.75 Å². The van der Waals surface area contributed by atoms with Crippen LogP contribution in [0.15, 0.2) is 48.5 Å². The quantitative estimate of drug-likeness (QED) is 0.646. The summed E-state index contributed by atoms with van der Waals surface area (Å²) in [5, 5.41) is 4.52. The van der Waals surface area contributed by atoms with Gasteiger partial charge in [0.2, 0.25) is 0 Å². The largest absolute Gasteiger partial charge is 0.494 e. The maximum atomic E-state index is 5.41. The molecule has 0 radical (unpaired) electrons. The van der Waals surface area contributed by atoms with Gasteiger partial charge in [-0.05, 0) is 65.9 Å². The van der Waals surface area contributed by atoms with Gasteiger partial charge in [0, 0.05) is 26.0 Å². The molecule has 0 fully saturated rings. The second-order valence-corrected chi connectivity index (χ2v) is 6.05. The topological polar surface area (TPSA) is 34.1 Å². The molecule has 0 saturated heterocycles. The highest BCUT2D eigenvalue weighted by molar-refractivity contribution is 14.1. The molecule has 0 aliphatic heterocycles. The minimum absolute atomic E-state index is 0.793. The number of hydrogen-bond donors (Lipinski definition) is 1. The molecule has 3 rings (SSSR count). The predicted molar refractivity (Wildman–Crippen MR) is 95.5 cm³/mol. The van der Waals surface area contributed by atoms with Gasteiger partial charge in [0.15, 0.2) is 0 Å². The fraction of sp³-hybridized carbons (Fsp3) is 0.118. The van der Waals surface area contributed by atoms with Crippen molar-refractivity contribution in [2.45, 2.75) is 6.92 Å². The molecule has 21 heavy (non-hydrogen) atoms. The zero-order chi connectivity index (χ0) is 14.8. The Hall–Kier alpha value is -1.82. The van der Waals surface area contributed by atoms with E-state index < -0.39 is 0 Å². The van der Waals surface area contributed by atoms with Gasteiger partial charge in [0.1, 0.15) is 11.3 Å². The van der Waals surface area contributed by atoms with Crippen LogP contribution in [0.2, 0.25) is 0 Å². The Kier molecular flexibility index (Phi) is 3.96. The number of benzene rings is 2. The Morgan fingerprint density at radius 3 is 2.57 bits per heavy atom. The molecule has 0 spiro atoms. The summed E-state index contributed by atoms with van der Waals surface area (Å²) in [7, 11) is 1.67. The number of aryl methyl sites for hydroxylation is 1. The number of halogens is 1. The second kappa shape index (κ2) is 5.89. The first kappa shape index (κ1) is 14.1. The van der Waals surface area contributed by atoms with Crippen LogP contribution in [0.4, 0.5) is 11.4 Å². The van der Waals surface area contributed by atoms with E-state index in [1.54, 1.807) is 7.11 Å². The van der Waals surface area contributed by atoms with Crippen molar-refractivity contribution in [3.63, 3.8) is 0 Å². The molecule has 106 valence electrons. The number of pyridine rings is 1. The number of rotatable bonds is 3. The highest BCUT2D eigenvalue weighted by atomic mass is 127. The van der Waals surface area contributed by atoms with Crippen molar-refractivity contribution in [1.29, 1.82) is 0 Å². The standard InChI is InChI=1S/C17H15IN2O/c1-11-10-15(20-13-8-6-12(18)7-9-13)14-4-3-5-16(21-2)17(14)19-11/h3-10H,1-2H3,(H,19,20). The van der Waals surface area contributed by atoms with Gasteiger partial charge in [-0.25, -0.2) is 4.98 Å². The highest BCUT2D eigenvalue weighted by Gasteiger charge is 2.08. The minimum Gasteiger partial charge on any atom is -0.494 e. The van der Waals surface area contributed by atoms with Crippen molar-refractivity contribution in [2.75, 3.05) is 12.4 Å². The summed E-state index contributed by atoms with van der Waals surface area (Å²) in [5.74, 6) is 0.793. The number of aromatic nitrogens is 1. The summed E-state index contributed by atoms with van der Waals surface area (Å²) in [6, 6.07) is 16.3. The first-order valence-electron chi connectivity index (χ1n) is 6.64. The molecule has 4 heteroatoms. The van der Waals surface area contributed by atoms with Crippen molar-refractivity contribution in [3.05, 3.63) is 57.8 Å². The lowest BCUT2D eigenvalue weighted by Gasteiger charge is -2.12. The van der Waals surface area contributed by atoms with E-state index in [0.29, 0.717) is 0 Å². The lowest BCUT2D eigenvalue weighted by molar-refractivity contribution is 0.419. The molecule has 2 aromatic carbocycles. The number of fused-ring (bicyclic) bond motifs is 1. The Labute approximate surface area is 137 Å². The summed E-state index contributed by atoms with van der Waals surface area (Å²) >= 11 is 2.30. The lowest BCUT2D eigenvalue weighted by Crippen LogP contribution is -1.96. The molecular formula is C17H15IN2O. The van der Waals surface area contributed by atoms with Gasteiger partial charge in [0.25, 0.3) is 0 Å². The van der Waals surface area contributed by atoms with E-state index in [0.717, 1.165) is 33.7 Å². The molecule has 1 aromatic heterocycles. The number of ether oxygens (including phenoxy) is 1. The Morgan fingerprint density at radius 1 is 1.10 bits per heavy atom. The van der Waals surface area contributed by atoms with Crippen molar-refractivity contribution in [1.82, 2.24) is 4.98 Å². The number of para-hydroxylation sites is 1. The molecule has 0 saturated carbocycles. The summed E-state index contributed by atoms with van der Waals surface area (Å²) in [6.45, 7) is 1.99. The van der Waals surface area contributed by atoms with Gasteiger partial charge >= 0.3 is 0 Å². The monoisotopic (exact) mass is 390 g/mol. The molecule has 1 N–H and O–H groups in total. The van der Waals surface area contributed by atoms with Gasteiger partial charge in [0.05, 0.1) is 7.11 Å². The van der Waals surface area contributed by atoms with E-state index in [4.69, 9.17) is 4.74 Å². The number of nitrogens with one attached hydrogen (secondary N) is 1. The SMILES string of the molecule is COc1cccc2c(Nc3ccc(I)cc3)cc(C)nc12. The number of nitrogens with zero attached hydrogens (tertiary/aromatic N) is 1. The third kappa shape index (κ3) is 2.95. The van der Waals surface area contributed by atoms with Crippen LogP contribution in [0.5, 0.6) is 5.75 Å². The molecule has 0 amide bonds. The van der Waals surface area contributed by atoms with Gasteiger partial charge < -0.3 is 10.1 Å². The van der Waals surface area contributed by atoms with E-state index in [1.165, 1.54) is 3.57 Å². The van der Waals surface area contributed by atoms with Crippen LogP contribution in [0.25, 0.3) is 10.9 Å². The number of methoxy groups -OCH3 is 1. The fourth-order valence-electron chi connectivity index (χ4n) is 2.31. The van der Waals surface area contributed by atoms with Gasteiger partial charge in [-0.2, -0.15) is 0 Å². The maximum Gasteiger partial charge on any atom is 0.145 e. The summed E-state index contributed by atoms with van der Waals surface area (Å²) in [6.07, 6.45) is 0. The van der Waals surface area contributed by atoms with Gasteiger partial charge in [-0.1, -0.05) is 12.1 Å². The normalized spacial score (nSPS) is 10.6. The Bertz CT molecular complexity index is 785. The summed E-state index contributed by atoms with van der Waals surface area (Å²) < 4.78 is 6.63. The second-order valence-electron chi connectivity index (χ2n) is 4.80. The third-order valence-electron chi connectivity index (χ3n) is 3.27. The van der Waals surface area contributed by atoms with Crippen LogP contribution in [-0.4, -0.2) is 12.1 Å². The number of hydrogen-bond acceptors (Lipinski definition) is 3. The number of anilines is 2. The van der Waals surface area contributed by atoms with Crippen molar-refractivity contribution < 1.29 is 4.74 Å². The van der Waals surface area contributed by atoms with Crippen LogP contribution >= 0.6 is 22.6 Å². The molecule has 0 aliphatic rings. The van der Waals surface area contributed by atoms with Gasteiger partial charge in [-0.3, -0.25) is 0 Å². The lowest BCUT2D eigenvalue weighted by atomic mass is 10.1. The molecule has 0 bridgehead atoms. The molecule has 0 aliphatic carbocycles. The van der Waals surface area contributed by atoms with Crippen molar-refractivity contribution in [2.24, 2.45) is 0 Å². The van der Waals surface area contributed by atoms with Crippen LogP contribution < -0.4 is 10.1 Å². The van der Waals surface area contributed by atoms with Crippen LogP contribution in [-0.2, 0) is 0 Å². The molecular weight excluding hydrogens is 375 g/mol. The van der Waals surface area contributed by atoms with E-state index in [9.17, 15) is 0 Å². The third-order valence-corrected chi connectivity index (χ3v) is 3.99. The average Bonchev–Trinajstić information content (AvgIpc) is 2.49. The zero-order valence-corrected chi connectivity index (χ0v) is 14.0. The average molecular weight is 390 g/mol. The smallest absolute Gasteiger partial charge is 0.145 e. The zero-order valence-electron chi connectivity index (χ0n) is 11.9. The van der Waals surface area contributed by atoms with E-state index in [1.807, 2.05) is 19.1 Å². The summed E-state index contributed by atoms with van der Waals surface area (Å²) in [5.41, 5.74) is 3.94. The Morgan fingerprint density at radius 2 is 1.86 bits per heavy atom. The van der Waals surface area contributed by atoms with Crippen LogP contribution in [0.1, 0.15) is 5.69 Å². The first-order valence-corrected chi connectivity index (χ1v) is 7.72. The molecule has 3 nitrogen and oxygen atoms in total. The fourth-order valence-corrected chi connectivity index (χ4v) is 2.67. The van der Waals surface area contributed by atoms with Gasteiger partial charge in [-0.15, -0.1) is 0 Å². The van der Waals surface area contributed by atoms with Crippen LogP contribution in [0, 0.1) is 10.5 Å². The van der Waals surface area contributed by atoms with Crippen molar-refractivity contribution >= 4 is 44.9 Å². The molecule has 0 atom stereocenters. The summed E-state index contributed by atoms with van der Waals surface area (Å²) in [4.78, 5) is 4.60. The van der Waals surface area contributed by atoms with Crippen LogP contribution in [0.3, 0.4) is 0 Å². The molecule has 0 unspecified atom stereocenters. The minimum atomic E-state index is 0.793. The van der Waals surface area contributed by atoms with E-state index in [-0.39, 0.29) is 0 Å². The molecule has 3 aromatic rings. The maximum absolute atomic E-state index is 5.41.